The highest BCUT2D eigenvalue weighted by molar-refractivity contribution is 7.89. The molecule has 1 rings (SSSR count). The number of hydrogen-bond donors (Lipinski definition) is 1. The molecule has 0 aliphatic rings. The Hall–Kier alpha value is -1.34. The molecular formula is C10H15NO5S. The Balaban J connectivity index is 2.91. The molecule has 0 spiro atoms. The van der Waals surface area contributed by atoms with Crippen molar-refractivity contribution in [1.82, 2.24) is 0 Å². The molecule has 0 fully saturated rings. The minimum atomic E-state index is -3.88. The highest BCUT2D eigenvalue weighted by atomic mass is 32.2. The Morgan fingerprint density at radius 1 is 1.53 bits per heavy atom. The molecule has 0 saturated heterocycles. The average molecular weight is 261 g/mol. The minimum Gasteiger partial charge on any atom is -0.460 e. The van der Waals surface area contributed by atoms with Crippen molar-refractivity contribution in [3.8, 4) is 0 Å². The number of carbonyl (C=O) groups is 1. The van der Waals surface area contributed by atoms with E-state index < -0.39 is 16.0 Å². The Labute approximate surface area is 99.8 Å². The van der Waals surface area contributed by atoms with Crippen LogP contribution >= 0.6 is 0 Å². The first-order valence-electron chi connectivity index (χ1n) is 5.02. The molecular weight excluding hydrogens is 246 g/mol. The second-order valence-corrected chi connectivity index (χ2v) is 5.60. The number of rotatable bonds is 4. The summed E-state index contributed by atoms with van der Waals surface area (Å²) < 4.78 is 32.1. The van der Waals surface area contributed by atoms with Crippen LogP contribution < -0.4 is 5.14 Å². The smallest absolute Gasteiger partial charge is 0.374 e. The molecule has 0 aliphatic heterocycles. The van der Waals surface area contributed by atoms with Crippen LogP contribution in [0.4, 0.5) is 0 Å². The largest absolute Gasteiger partial charge is 0.460 e. The number of nitrogens with two attached hydrogens (primary N) is 1. The van der Waals surface area contributed by atoms with Gasteiger partial charge in [0.1, 0.15) is 10.7 Å². The van der Waals surface area contributed by atoms with Gasteiger partial charge in [-0.3, -0.25) is 0 Å². The van der Waals surface area contributed by atoms with Crippen LogP contribution in [0.15, 0.2) is 15.4 Å². The molecule has 2 N–H and O–H groups in total. The molecule has 96 valence electrons. The highest BCUT2D eigenvalue weighted by Crippen LogP contribution is 2.19. The summed E-state index contributed by atoms with van der Waals surface area (Å²) in [6.45, 7) is 5.43. The van der Waals surface area contributed by atoms with E-state index in [1.54, 1.807) is 0 Å². The number of carbonyl (C=O) groups excluding carboxylic acids is 1. The SMILES string of the molecule is Cc1oc(C(=O)OCC(C)C)cc1S(N)(=O)=O. The van der Waals surface area contributed by atoms with Gasteiger partial charge in [0.2, 0.25) is 15.8 Å². The zero-order valence-corrected chi connectivity index (χ0v) is 10.7. The molecule has 1 aromatic rings. The lowest BCUT2D eigenvalue weighted by atomic mass is 10.2. The van der Waals surface area contributed by atoms with Crippen molar-refractivity contribution in [2.24, 2.45) is 11.1 Å². The van der Waals surface area contributed by atoms with Gasteiger partial charge in [-0.05, 0) is 12.8 Å². The number of hydrogen-bond acceptors (Lipinski definition) is 5. The number of esters is 1. The minimum absolute atomic E-state index is 0.0731. The molecule has 0 radical (unpaired) electrons. The molecule has 1 aromatic heterocycles. The molecule has 1 heterocycles. The number of aryl methyl sites for hydroxylation is 1. The molecule has 0 saturated carbocycles. The van der Waals surface area contributed by atoms with Gasteiger partial charge in [-0.1, -0.05) is 13.8 Å². The van der Waals surface area contributed by atoms with E-state index in [-0.39, 0.29) is 28.9 Å². The lowest BCUT2D eigenvalue weighted by Crippen LogP contribution is -2.12. The van der Waals surface area contributed by atoms with Crippen LogP contribution in [-0.4, -0.2) is 21.0 Å². The molecule has 17 heavy (non-hydrogen) atoms. The maximum atomic E-state index is 11.5. The lowest BCUT2D eigenvalue weighted by molar-refractivity contribution is 0.0421. The van der Waals surface area contributed by atoms with Crippen LogP contribution in [-0.2, 0) is 14.8 Å². The van der Waals surface area contributed by atoms with Gasteiger partial charge < -0.3 is 9.15 Å². The average Bonchev–Trinajstić information content (AvgIpc) is 2.56. The maximum Gasteiger partial charge on any atom is 0.374 e. The van der Waals surface area contributed by atoms with Gasteiger partial charge in [0.05, 0.1) is 6.61 Å². The van der Waals surface area contributed by atoms with Crippen LogP contribution in [0.25, 0.3) is 0 Å². The summed E-state index contributed by atoms with van der Waals surface area (Å²) >= 11 is 0. The predicted octanol–water partition coefficient (Wildman–Crippen LogP) is 1.05. The molecule has 6 nitrogen and oxygen atoms in total. The zero-order chi connectivity index (χ0) is 13.2. The normalized spacial score (nSPS) is 11.8. The van der Waals surface area contributed by atoms with Gasteiger partial charge in [0.25, 0.3) is 0 Å². The van der Waals surface area contributed by atoms with Crippen molar-refractivity contribution in [1.29, 1.82) is 0 Å². The van der Waals surface area contributed by atoms with Crippen LogP contribution in [0.5, 0.6) is 0 Å². The Morgan fingerprint density at radius 2 is 2.12 bits per heavy atom. The Bertz CT molecular complexity index is 515. The third-order valence-corrected chi connectivity index (χ3v) is 2.95. The van der Waals surface area contributed by atoms with Crippen LogP contribution in [0.3, 0.4) is 0 Å². The predicted molar refractivity (Wildman–Crippen MR) is 59.9 cm³/mol. The van der Waals surface area contributed by atoms with Crippen molar-refractivity contribution in [3.63, 3.8) is 0 Å². The van der Waals surface area contributed by atoms with E-state index in [0.29, 0.717) is 0 Å². The van der Waals surface area contributed by atoms with Gasteiger partial charge in [-0.25, -0.2) is 18.4 Å². The first-order chi connectivity index (χ1) is 7.71. The van der Waals surface area contributed by atoms with Crippen molar-refractivity contribution in [2.75, 3.05) is 6.61 Å². The summed E-state index contributed by atoms with van der Waals surface area (Å²) in [7, 11) is -3.88. The molecule has 0 aromatic carbocycles. The molecule has 0 amide bonds. The first kappa shape index (κ1) is 13.7. The van der Waals surface area contributed by atoms with Gasteiger partial charge in [0.15, 0.2) is 0 Å². The second kappa shape index (κ2) is 4.89. The van der Waals surface area contributed by atoms with Crippen molar-refractivity contribution >= 4 is 16.0 Å². The molecule has 0 unspecified atom stereocenters. The second-order valence-electron chi connectivity index (χ2n) is 4.07. The van der Waals surface area contributed by atoms with Gasteiger partial charge in [0, 0.05) is 6.07 Å². The standard InChI is InChI=1S/C10H15NO5S/c1-6(2)5-15-10(12)8-4-9(7(3)16-8)17(11,13)14/h4,6H,5H2,1-3H3,(H2,11,13,14). The van der Waals surface area contributed by atoms with E-state index in [0.717, 1.165) is 6.07 Å². The molecule has 0 bridgehead atoms. The van der Waals surface area contributed by atoms with E-state index in [4.69, 9.17) is 14.3 Å². The van der Waals surface area contributed by atoms with E-state index in [1.807, 2.05) is 13.8 Å². The number of ether oxygens (including phenoxy) is 1. The Kier molecular flexibility index (Phi) is 3.94. The van der Waals surface area contributed by atoms with Gasteiger partial charge in [-0.15, -0.1) is 0 Å². The van der Waals surface area contributed by atoms with Crippen LogP contribution in [0, 0.1) is 12.8 Å². The van der Waals surface area contributed by atoms with Crippen molar-refractivity contribution in [3.05, 3.63) is 17.6 Å². The van der Waals surface area contributed by atoms with Gasteiger partial charge in [-0.2, -0.15) is 0 Å². The number of primary sulfonamides is 1. The highest BCUT2D eigenvalue weighted by Gasteiger charge is 2.21. The zero-order valence-electron chi connectivity index (χ0n) is 9.89. The third kappa shape index (κ3) is 3.57. The number of sulfonamides is 1. The summed E-state index contributed by atoms with van der Waals surface area (Å²) in [5, 5.41) is 4.95. The number of furan rings is 1. The fourth-order valence-electron chi connectivity index (χ4n) is 1.16. The van der Waals surface area contributed by atoms with E-state index in [1.165, 1.54) is 6.92 Å². The van der Waals surface area contributed by atoms with E-state index in [2.05, 4.69) is 0 Å². The summed E-state index contributed by atoms with van der Waals surface area (Å²) in [5.41, 5.74) is 0. The fourth-order valence-corrected chi connectivity index (χ4v) is 1.88. The van der Waals surface area contributed by atoms with E-state index >= 15 is 0 Å². The van der Waals surface area contributed by atoms with Crippen LogP contribution in [0.1, 0.15) is 30.2 Å². The third-order valence-electron chi connectivity index (χ3n) is 1.93. The first-order valence-corrected chi connectivity index (χ1v) is 6.56. The van der Waals surface area contributed by atoms with Gasteiger partial charge >= 0.3 is 5.97 Å². The molecule has 0 atom stereocenters. The summed E-state index contributed by atoms with van der Waals surface area (Å²) in [5.74, 6) is -0.597. The van der Waals surface area contributed by atoms with E-state index in [9.17, 15) is 13.2 Å². The molecule has 7 heteroatoms. The van der Waals surface area contributed by atoms with Crippen molar-refractivity contribution in [2.45, 2.75) is 25.7 Å². The molecule has 0 aliphatic carbocycles. The Morgan fingerprint density at radius 3 is 2.53 bits per heavy atom. The fraction of sp³-hybridized carbons (Fsp3) is 0.500. The summed E-state index contributed by atoms with van der Waals surface area (Å²) in [6, 6.07) is 1.08. The van der Waals surface area contributed by atoms with Crippen molar-refractivity contribution < 1.29 is 22.4 Å². The summed E-state index contributed by atoms with van der Waals surface area (Å²) in [4.78, 5) is 11.3. The topological polar surface area (TPSA) is 99.6 Å². The lowest BCUT2D eigenvalue weighted by Gasteiger charge is -2.04. The maximum absolute atomic E-state index is 11.5. The summed E-state index contributed by atoms with van der Waals surface area (Å²) in [6.07, 6.45) is 0. The quantitative estimate of drug-likeness (QED) is 0.816. The monoisotopic (exact) mass is 261 g/mol. The van der Waals surface area contributed by atoms with Crippen LogP contribution in [0.2, 0.25) is 0 Å².